The number of carboxylic acid groups (broad SMARTS) is 1. The Bertz CT molecular complexity index is 375. The molecule has 1 aromatic carbocycles. The molecule has 0 saturated carbocycles. The molecule has 0 aromatic heterocycles. The second-order valence-corrected chi connectivity index (χ2v) is 3.37. The molecule has 0 amide bonds. The highest BCUT2D eigenvalue weighted by molar-refractivity contribution is 5.74. The fraction of sp³-hybridized carbons (Fsp3) is 0.364. The summed E-state index contributed by atoms with van der Waals surface area (Å²) in [7, 11) is 0. The van der Waals surface area contributed by atoms with Gasteiger partial charge in [0, 0.05) is 12.7 Å². The Balaban J connectivity index is 2.85. The SMILES string of the molecule is O=C(O)C(OCCCO)c1cc(F)cc(F)c1. The molecule has 17 heavy (non-hydrogen) atoms. The Morgan fingerprint density at radius 2 is 1.88 bits per heavy atom. The molecule has 1 unspecified atom stereocenters. The average molecular weight is 246 g/mol. The summed E-state index contributed by atoms with van der Waals surface area (Å²) in [6.07, 6.45) is -1.19. The van der Waals surface area contributed by atoms with Gasteiger partial charge in [-0.05, 0) is 24.1 Å². The first-order valence-electron chi connectivity index (χ1n) is 4.96. The van der Waals surface area contributed by atoms with E-state index in [0.717, 1.165) is 12.1 Å². The summed E-state index contributed by atoms with van der Waals surface area (Å²) in [6.45, 7) is -0.157. The first-order chi connectivity index (χ1) is 8.04. The fourth-order valence-electron chi connectivity index (χ4n) is 1.30. The third-order valence-corrected chi connectivity index (χ3v) is 2.00. The van der Waals surface area contributed by atoms with Gasteiger partial charge in [0.15, 0.2) is 6.10 Å². The van der Waals surface area contributed by atoms with E-state index in [1.54, 1.807) is 0 Å². The summed E-state index contributed by atoms with van der Waals surface area (Å²) in [6, 6.07) is 2.46. The molecule has 0 fully saturated rings. The van der Waals surface area contributed by atoms with Gasteiger partial charge in [-0.15, -0.1) is 0 Å². The van der Waals surface area contributed by atoms with Gasteiger partial charge < -0.3 is 14.9 Å². The van der Waals surface area contributed by atoms with Crippen LogP contribution < -0.4 is 0 Å². The summed E-state index contributed by atoms with van der Waals surface area (Å²) >= 11 is 0. The summed E-state index contributed by atoms with van der Waals surface area (Å²) in [5, 5.41) is 17.4. The van der Waals surface area contributed by atoms with Gasteiger partial charge in [-0.1, -0.05) is 0 Å². The lowest BCUT2D eigenvalue weighted by Crippen LogP contribution is -2.17. The van der Waals surface area contributed by atoms with E-state index in [-0.39, 0.29) is 25.2 Å². The Hall–Kier alpha value is -1.53. The molecule has 0 aliphatic carbocycles. The number of ether oxygens (including phenoxy) is 1. The number of carbonyl (C=O) groups is 1. The third-order valence-electron chi connectivity index (χ3n) is 2.00. The predicted octanol–water partition coefficient (Wildman–Crippen LogP) is 1.49. The normalized spacial score (nSPS) is 12.4. The number of aliphatic hydroxyl groups is 1. The summed E-state index contributed by atoms with van der Waals surface area (Å²) < 4.78 is 30.8. The van der Waals surface area contributed by atoms with Gasteiger partial charge in [0.05, 0.1) is 6.61 Å². The lowest BCUT2D eigenvalue weighted by molar-refractivity contribution is -0.151. The zero-order chi connectivity index (χ0) is 12.8. The molecule has 1 rings (SSSR count). The van der Waals surface area contributed by atoms with Gasteiger partial charge in [-0.2, -0.15) is 0 Å². The largest absolute Gasteiger partial charge is 0.479 e. The van der Waals surface area contributed by atoms with Crippen LogP contribution in [0.1, 0.15) is 18.1 Å². The molecule has 0 heterocycles. The maximum Gasteiger partial charge on any atom is 0.337 e. The zero-order valence-electron chi connectivity index (χ0n) is 8.90. The van der Waals surface area contributed by atoms with E-state index in [9.17, 15) is 13.6 Å². The van der Waals surface area contributed by atoms with Crippen molar-refractivity contribution in [3.63, 3.8) is 0 Å². The fourth-order valence-corrected chi connectivity index (χ4v) is 1.30. The average Bonchev–Trinajstić information content (AvgIpc) is 2.22. The minimum absolute atomic E-state index is 0.00833. The van der Waals surface area contributed by atoms with Crippen LogP contribution in [0.3, 0.4) is 0 Å². The van der Waals surface area contributed by atoms with Crippen LogP contribution in [0, 0.1) is 11.6 Å². The van der Waals surface area contributed by atoms with Crippen LogP contribution in [0.15, 0.2) is 18.2 Å². The van der Waals surface area contributed by atoms with Crippen molar-refractivity contribution < 1.29 is 28.5 Å². The number of hydrogen-bond donors (Lipinski definition) is 2. The van der Waals surface area contributed by atoms with E-state index in [1.165, 1.54) is 0 Å². The maximum atomic E-state index is 12.9. The minimum Gasteiger partial charge on any atom is -0.479 e. The van der Waals surface area contributed by atoms with Crippen molar-refractivity contribution >= 4 is 5.97 Å². The summed E-state index contributed by atoms with van der Waals surface area (Å²) in [5.74, 6) is -3.07. The standard InChI is InChI=1S/C11H12F2O4/c12-8-4-7(5-9(13)6-8)10(11(15)16)17-3-1-2-14/h4-6,10,14H,1-3H2,(H,15,16). The minimum atomic E-state index is -1.44. The molecule has 2 N–H and O–H groups in total. The van der Waals surface area contributed by atoms with Crippen LogP contribution in [-0.2, 0) is 9.53 Å². The number of aliphatic hydroxyl groups excluding tert-OH is 1. The van der Waals surface area contributed by atoms with E-state index in [4.69, 9.17) is 14.9 Å². The molecule has 4 nitrogen and oxygen atoms in total. The third kappa shape index (κ3) is 4.08. The number of rotatable bonds is 6. The highest BCUT2D eigenvalue weighted by atomic mass is 19.1. The topological polar surface area (TPSA) is 66.8 Å². The van der Waals surface area contributed by atoms with Crippen LogP contribution >= 0.6 is 0 Å². The predicted molar refractivity (Wildman–Crippen MR) is 54.4 cm³/mol. The lowest BCUT2D eigenvalue weighted by atomic mass is 10.1. The number of aliphatic carboxylic acids is 1. The summed E-state index contributed by atoms with van der Waals surface area (Å²) in [5.41, 5.74) is -0.104. The Morgan fingerprint density at radius 1 is 1.29 bits per heavy atom. The first-order valence-corrected chi connectivity index (χ1v) is 4.96. The van der Waals surface area contributed by atoms with Crippen molar-refractivity contribution in [1.82, 2.24) is 0 Å². The van der Waals surface area contributed by atoms with Gasteiger partial charge in [-0.3, -0.25) is 0 Å². The molecule has 0 aliphatic rings. The van der Waals surface area contributed by atoms with Crippen molar-refractivity contribution in [2.75, 3.05) is 13.2 Å². The van der Waals surface area contributed by atoms with Gasteiger partial charge in [0.1, 0.15) is 11.6 Å². The van der Waals surface area contributed by atoms with Crippen molar-refractivity contribution in [1.29, 1.82) is 0 Å². The smallest absolute Gasteiger partial charge is 0.337 e. The molecule has 0 radical (unpaired) electrons. The Labute approximate surface area is 96.5 Å². The van der Waals surface area contributed by atoms with E-state index < -0.39 is 23.7 Å². The van der Waals surface area contributed by atoms with Crippen molar-refractivity contribution in [3.05, 3.63) is 35.4 Å². The molecule has 94 valence electrons. The van der Waals surface area contributed by atoms with Crippen molar-refractivity contribution in [2.24, 2.45) is 0 Å². The highest BCUT2D eigenvalue weighted by Crippen LogP contribution is 2.20. The van der Waals surface area contributed by atoms with Crippen molar-refractivity contribution in [2.45, 2.75) is 12.5 Å². The molecular weight excluding hydrogens is 234 g/mol. The number of carboxylic acids is 1. The molecule has 1 aromatic rings. The number of halogens is 2. The van der Waals surface area contributed by atoms with Gasteiger partial charge in [-0.25, -0.2) is 13.6 Å². The van der Waals surface area contributed by atoms with Crippen molar-refractivity contribution in [3.8, 4) is 0 Å². The molecule has 6 heteroatoms. The van der Waals surface area contributed by atoms with Crippen LogP contribution in [0.4, 0.5) is 8.78 Å². The second kappa shape index (κ2) is 6.27. The number of hydrogen-bond acceptors (Lipinski definition) is 3. The van der Waals surface area contributed by atoms with E-state index in [1.807, 2.05) is 0 Å². The van der Waals surface area contributed by atoms with E-state index in [0.29, 0.717) is 6.07 Å². The van der Waals surface area contributed by atoms with E-state index >= 15 is 0 Å². The molecule has 0 saturated heterocycles. The highest BCUT2D eigenvalue weighted by Gasteiger charge is 2.21. The van der Waals surface area contributed by atoms with Gasteiger partial charge in [0.25, 0.3) is 0 Å². The maximum absolute atomic E-state index is 12.9. The Kier molecular flexibility index (Phi) is 4.99. The Morgan fingerprint density at radius 3 is 2.35 bits per heavy atom. The zero-order valence-corrected chi connectivity index (χ0v) is 8.90. The van der Waals surface area contributed by atoms with E-state index in [2.05, 4.69) is 0 Å². The number of benzene rings is 1. The molecule has 1 atom stereocenters. The quantitative estimate of drug-likeness (QED) is 0.746. The molecule has 0 bridgehead atoms. The molecule has 0 spiro atoms. The van der Waals surface area contributed by atoms with Gasteiger partial charge in [0.2, 0.25) is 0 Å². The second-order valence-electron chi connectivity index (χ2n) is 3.37. The molecule has 0 aliphatic heterocycles. The summed E-state index contributed by atoms with van der Waals surface area (Å²) in [4.78, 5) is 10.9. The van der Waals surface area contributed by atoms with Crippen LogP contribution in [-0.4, -0.2) is 29.4 Å². The van der Waals surface area contributed by atoms with Gasteiger partial charge >= 0.3 is 5.97 Å². The molecular formula is C11H12F2O4. The van der Waals surface area contributed by atoms with Crippen LogP contribution in [0.2, 0.25) is 0 Å². The monoisotopic (exact) mass is 246 g/mol. The first kappa shape index (κ1) is 13.5. The van der Waals surface area contributed by atoms with Crippen LogP contribution in [0.5, 0.6) is 0 Å². The lowest BCUT2D eigenvalue weighted by Gasteiger charge is -2.13. The van der Waals surface area contributed by atoms with Crippen LogP contribution in [0.25, 0.3) is 0 Å².